The van der Waals surface area contributed by atoms with Crippen molar-refractivity contribution in [2.75, 3.05) is 30.3 Å². The average molecular weight is 306 g/mol. The first-order chi connectivity index (χ1) is 9.94. The highest BCUT2D eigenvalue weighted by atomic mass is 32.2. The fraction of sp³-hybridized carbons (Fsp3) is 0.588. The molecule has 1 atom stereocenters. The molecule has 0 saturated carbocycles. The summed E-state index contributed by atoms with van der Waals surface area (Å²) in [4.78, 5) is 14.3. The van der Waals surface area contributed by atoms with E-state index >= 15 is 0 Å². The molecule has 1 aliphatic heterocycles. The van der Waals surface area contributed by atoms with E-state index in [-0.39, 0.29) is 10.7 Å². The van der Waals surface area contributed by atoms with Crippen LogP contribution >= 0.6 is 11.8 Å². The van der Waals surface area contributed by atoms with Crippen LogP contribution in [0.4, 0.5) is 5.69 Å². The quantitative estimate of drug-likeness (QED) is 0.907. The molecule has 0 unspecified atom stereocenters. The van der Waals surface area contributed by atoms with Crippen molar-refractivity contribution < 1.29 is 4.79 Å². The van der Waals surface area contributed by atoms with Gasteiger partial charge in [-0.1, -0.05) is 39.0 Å². The third kappa shape index (κ3) is 5.62. The molecule has 21 heavy (non-hydrogen) atoms. The van der Waals surface area contributed by atoms with Crippen LogP contribution in [0.2, 0.25) is 0 Å². The summed E-state index contributed by atoms with van der Waals surface area (Å²) in [6, 6.07) is 10.5. The molecule has 0 aliphatic carbocycles. The number of nitrogens with zero attached hydrogens (tertiary/aromatic N) is 1. The predicted molar refractivity (Wildman–Crippen MR) is 92.0 cm³/mol. The molecule has 1 heterocycles. The van der Waals surface area contributed by atoms with Gasteiger partial charge in [0.2, 0.25) is 5.91 Å². The zero-order valence-electron chi connectivity index (χ0n) is 13.3. The fourth-order valence-electron chi connectivity index (χ4n) is 2.46. The Hall–Kier alpha value is -1.16. The molecule has 4 heteroatoms. The smallest absolute Gasteiger partial charge is 0.230 e. The highest BCUT2D eigenvalue weighted by molar-refractivity contribution is 8.01. The molecule has 0 bridgehead atoms. The van der Waals surface area contributed by atoms with Gasteiger partial charge in [-0.15, -0.1) is 11.8 Å². The normalized spacial score (nSPS) is 18.8. The van der Waals surface area contributed by atoms with Crippen LogP contribution in [0.5, 0.6) is 0 Å². The lowest BCUT2D eigenvalue weighted by Crippen LogP contribution is -2.32. The summed E-state index contributed by atoms with van der Waals surface area (Å²) in [7, 11) is 0. The van der Waals surface area contributed by atoms with Crippen LogP contribution in [-0.2, 0) is 4.79 Å². The molecule has 0 spiro atoms. The van der Waals surface area contributed by atoms with Gasteiger partial charge >= 0.3 is 0 Å². The molecule has 0 radical (unpaired) electrons. The van der Waals surface area contributed by atoms with Crippen LogP contribution in [-0.4, -0.2) is 36.0 Å². The van der Waals surface area contributed by atoms with E-state index in [0.29, 0.717) is 11.7 Å². The number of rotatable bonds is 5. The van der Waals surface area contributed by atoms with Crippen LogP contribution in [0, 0.1) is 5.92 Å². The highest BCUT2D eigenvalue weighted by Crippen LogP contribution is 2.24. The second-order valence-electron chi connectivity index (χ2n) is 6.64. The van der Waals surface area contributed by atoms with Crippen molar-refractivity contribution in [2.24, 2.45) is 5.92 Å². The maximum atomic E-state index is 11.9. The number of nitrogens with one attached hydrogen (secondary N) is 1. The maximum Gasteiger partial charge on any atom is 0.230 e. The minimum Gasteiger partial charge on any atom is -0.371 e. The maximum absolute atomic E-state index is 11.9. The molecule has 1 aliphatic rings. The summed E-state index contributed by atoms with van der Waals surface area (Å²) in [5.74, 6) is 1.28. The Morgan fingerprint density at radius 2 is 2.05 bits per heavy atom. The number of thioether (sulfide) groups is 1. The second kappa shape index (κ2) is 7.21. The summed E-state index contributed by atoms with van der Waals surface area (Å²) < 4.78 is 0.148. The molecule has 2 rings (SSSR count). The topological polar surface area (TPSA) is 32.3 Å². The number of benzene rings is 1. The van der Waals surface area contributed by atoms with E-state index in [4.69, 9.17) is 0 Å². The summed E-state index contributed by atoms with van der Waals surface area (Å²) >= 11 is 1.70. The Balaban J connectivity index is 1.70. The van der Waals surface area contributed by atoms with E-state index in [1.807, 2.05) is 6.07 Å². The largest absolute Gasteiger partial charge is 0.371 e. The fourth-order valence-corrected chi connectivity index (χ4v) is 3.13. The molecule has 1 N–H and O–H groups in total. The van der Waals surface area contributed by atoms with E-state index < -0.39 is 0 Å². The van der Waals surface area contributed by atoms with Crippen molar-refractivity contribution in [1.82, 2.24) is 5.32 Å². The van der Waals surface area contributed by atoms with E-state index in [0.717, 1.165) is 26.1 Å². The van der Waals surface area contributed by atoms with Crippen LogP contribution in [0.25, 0.3) is 0 Å². The van der Waals surface area contributed by atoms with E-state index in [1.54, 1.807) is 11.8 Å². The van der Waals surface area contributed by atoms with Crippen molar-refractivity contribution in [1.29, 1.82) is 0 Å². The molecule has 1 fully saturated rings. The number of para-hydroxylation sites is 1. The predicted octanol–water partition coefficient (Wildman–Crippen LogP) is 3.16. The van der Waals surface area contributed by atoms with Gasteiger partial charge in [-0.05, 0) is 24.5 Å². The third-order valence-corrected chi connectivity index (χ3v) is 4.90. The van der Waals surface area contributed by atoms with Crippen LogP contribution in [0.1, 0.15) is 27.2 Å². The minimum absolute atomic E-state index is 0.148. The number of anilines is 1. The lowest BCUT2D eigenvalue weighted by Gasteiger charge is -2.19. The SMILES string of the molecule is CC(C)(C)SCC(=O)NC[C@H]1CCN(c2ccccc2)C1. The van der Waals surface area contributed by atoms with Gasteiger partial charge in [0, 0.05) is 30.1 Å². The number of hydrogen-bond acceptors (Lipinski definition) is 3. The summed E-state index contributed by atoms with van der Waals surface area (Å²) in [5.41, 5.74) is 1.29. The molecular formula is C17H26N2OS. The Labute approximate surface area is 132 Å². The van der Waals surface area contributed by atoms with Gasteiger partial charge in [0.25, 0.3) is 0 Å². The number of carbonyl (C=O) groups is 1. The molecule has 1 amide bonds. The standard InChI is InChI=1S/C17H26N2OS/c1-17(2,3)21-13-16(20)18-11-14-9-10-19(12-14)15-7-5-4-6-8-15/h4-8,14H,9-13H2,1-3H3,(H,18,20)/t14-/m1/s1. The first kappa shape index (κ1) is 16.2. The van der Waals surface area contributed by atoms with Gasteiger partial charge in [-0.25, -0.2) is 0 Å². The third-order valence-electron chi connectivity index (χ3n) is 3.63. The first-order valence-corrected chi connectivity index (χ1v) is 8.63. The molecule has 0 aromatic heterocycles. The van der Waals surface area contributed by atoms with Gasteiger partial charge in [0.1, 0.15) is 0 Å². The summed E-state index contributed by atoms with van der Waals surface area (Å²) in [6.45, 7) is 9.34. The first-order valence-electron chi connectivity index (χ1n) is 7.65. The minimum atomic E-state index is 0.148. The van der Waals surface area contributed by atoms with Crippen molar-refractivity contribution in [3.63, 3.8) is 0 Å². The van der Waals surface area contributed by atoms with Crippen molar-refractivity contribution in [2.45, 2.75) is 31.9 Å². The molecule has 1 saturated heterocycles. The lowest BCUT2D eigenvalue weighted by atomic mass is 10.1. The average Bonchev–Trinajstić information content (AvgIpc) is 2.92. The van der Waals surface area contributed by atoms with Crippen LogP contribution in [0.3, 0.4) is 0 Å². The van der Waals surface area contributed by atoms with Gasteiger partial charge in [-0.2, -0.15) is 0 Å². The van der Waals surface area contributed by atoms with Gasteiger partial charge < -0.3 is 10.2 Å². The van der Waals surface area contributed by atoms with Gasteiger partial charge in [0.05, 0.1) is 5.75 Å². The Kier molecular flexibility index (Phi) is 5.57. The Morgan fingerprint density at radius 1 is 1.33 bits per heavy atom. The van der Waals surface area contributed by atoms with E-state index in [1.165, 1.54) is 5.69 Å². The molecule has 3 nitrogen and oxygen atoms in total. The van der Waals surface area contributed by atoms with Crippen molar-refractivity contribution >= 4 is 23.4 Å². The second-order valence-corrected chi connectivity index (χ2v) is 8.44. The molecule has 116 valence electrons. The lowest BCUT2D eigenvalue weighted by molar-refractivity contribution is -0.118. The number of amides is 1. The zero-order chi connectivity index (χ0) is 15.3. The van der Waals surface area contributed by atoms with Crippen LogP contribution < -0.4 is 10.2 Å². The molecule has 1 aromatic rings. The molecular weight excluding hydrogens is 280 g/mol. The van der Waals surface area contributed by atoms with Gasteiger partial charge in [-0.3, -0.25) is 4.79 Å². The van der Waals surface area contributed by atoms with Crippen LogP contribution in [0.15, 0.2) is 30.3 Å². The Bertz CT molecular complexity index is 456. The zero-order valence-corrected chi connectivity index (χ0v) is 14.1. The monoisotopic (exact) mass is 306 g/mol. The number of carbonyl (C=O) groups excluding carboxylic acids is 1. The van der Waals surface area contributed by atoms with Crippen molar-refractivity contribution in [3.05, 3.63) is 30.3 Å². The summed E-state index contributed by atoms with van der Waals surface area (Å²) in [6.07, 6.45) is 1.15. The number of hydrogen-bond donors (Lipinski definition) is 1. The van der Waals surface area contributed by atoms with Gasteiger partial charge in [0.15, 0.2) is 0 Å². The Morgan fingerprint density at radius 3 is 2.71 bits per heavy atom. The summed E-state index contributed by atoms with van der Waals surface area (Å²) in [5, 5.41) is 3.08. The van der Waals surface area contributed by atoms with Crippen molar-refractivity contribution in [3.8, 4) is 0 Å². The highest BCUT2D eigenvalue weighted by Gasteiger charge is 2.23. The molecule has 1 aromatic carbocycles. The van der Waals surface area contributed by atoms with E-state index in [9.17, 15) is 4.79 Å². The van der Waals surface area contributed by atoms with E-state index in [2.05, 4.69) is 55.3 Å².